The molecule has 1 aromatic heterocycles. The molecule has 0 aliphatic carbocycles. The van der Waals surface area contributed by atoms with E-state index >= 15 is 0 Å². The number of hydrogen-bond donors (Lipinski definition) is 0. The van der Waals surface area contributed by atoms with Crippen LogP contribution >= 0.6 is 22.9 Å². The quantitative estimate of drug-likeness (QED) is 0.365. The van der Waals surface area contributed by atoms with Gasteiger partial charge in [-0.2, -0.15) is 4.31 Å². The van der Waals surface area contributed by atoms with Crippen LogP contribution in [0.2, 0.25) is 5.02 Å². The molecular formula is C25H26ClNO4S2. The summed E-state index contributed by atoms with van der Waals surface area (Å²) >= 11 is 7.42. The Morgan fingerprint density at radius 1 is 1.00 bits per heavy atom. The monoisotopic (exact) mass is 503 g/mol. The highest BCUT2D eigenvalue weighted by Crippen LogP contribution is 2.42. The van der Waals surface area contributed by atoms with Crippen molar-refractivity contribution < 1.29 is 17.9 Å². The van der Waals surface area contributed by atoms with E-state index in [1.807, 2.05) is 31.2 Å². The average Bonchev–Trinajstić information content (AvgIpc) is 3.17. The minimum Gasteiger partial charge on any atom is -0.462 e. The number of nitrogens with zero attached hydrogens (tertiary/aromatic N) is 1. The number of rotatable bonds is 6. The van der Waals surface area contributed by atoms with Crippen LogP contribution in [0.5, 0.6) is 0 Å². The van der Waals surface area contributed by atoms with E-state index in [-0.39, 0.29) is 17.5 Å². The predicted molar refractivity (Wildman–Crippen MR) is 134 cm³/mol. The third kappa shape index (κ3) is 4.87. The number of carbonyl (C=O) groups is 1. The van der Waals surface area contributed by atoms with Crippen LogP contribution in [0, 0.1) is 6.92 Å². The van der Waals surface area contributed by atoms with Crippen molar-refractivity contribution in [3.05, 3.63) is 64.0 Å². The van der Waals surface area contributed by atoms with Gasteiger partial charge in [0.05, 0.1) is 11.5 Å². The average molecular weight is 504 g/mol. The number of ether oxygens (including phenoxy) is 1. The molecule has 4 rings (SSSR count). The Balaban J connectivity index is 1.76. The first-order valence-electron chi connectivity index (χ1n) is 11.0. The third-order valence-corrected chi connectivity index (χ3v) is 9.30. The van der Waals surface area contributed by atoms with Gasteiger partial charge in [0.1, 0.15) is 4.88 Å². The van der Waals surface area contributed by atoms with Crippen LogP contribution in [0.1, 0.15) is 41.4 Å². The van der Waals surface area contributed by atoms with Crippen LogP contribution in [0.4, 0.5) is 0 Å². The molecule has 3 aromatic rings. The van der Waals surface area contributed by atoms with Crippen molar-refractivity contribution in [3.8, 4) is 21.6 Å². The van der Waals surface area contributed by atoms with Gasteiger partial charge < -0.3 is 4.74 Å². The summed E-state index contributed by atoms with van der Waals surface area (Å²) in [5.74, 6) is -0.383. The highest BCUT2D eigenvalue weighted by molar-refractivity contribution is 7.89. The van der Waals surface area contributed by atoms with Gasteiger partial charge >= 0.3 is 5.97 Å². The molecule has 2 heterocycles. The molecule has 0 amide bonds. The van der Waals surface area contributed by atoms with E-state index in [9.17, 15) is 13.2 Å². The first-order chi connectivity index (χ1) is 15.8. The van der Waals surface area contributed by atoms with E-state index in [0.717, 1.165) is 46.4 Å². The van der Waals surface area contributed by atoms with Gasteiger partial charge in [-0.15, -0.1) is 11.3 Å². The molecule has 2 aromatic carbocycles. The second-order valence-corrected chi connectivity index (χ2v) is 11.4. The molecule has 0 bridgehead atoms. The number of piperidine rings is 1. The fourth-order valence-electron chi connectivity index (χ4n) is 4.13. The summed E-state index contributed by atoms with van der Waals surface area (Å²) in [6.45, 7) is 5.14. The van der Waals surface area contributed by atoms with Gasteiger partial charge in [0.15, 0.2) is 0 Å². The second-order valence-electron chi connectivity index (χ2n) is 7.98. The number of benzene rings is 2. The van der Waals surface area contributed by atoms with Gasteiger partial charge in [-0.1, -0.05) is 42.3 Å². The van der Waals surface area contributed by atoms with Gasteiger partial charge in [-0.3, -0.25) is 0 Å². The standard InChI is InChI=1S/C25H26ClNO4S2/c1-3-31-25(28)24-22(17(2)23(32-24)19-7-11-20(26)12-8-19)18-9-13-21(14-10-18)33(29,30)27-15-5-4-6-16-27/h7-14H,3-6,15-16H2,1-2H3. The minimum atomic E-state index is -3.52. The SMILES string of the molecule is CCOC(=O)c1sc(-c2ccc(Cl)cc2)c(C)c1-c1ccc(S(=O)(=O)N2CCCCC2)cc1. The van der Waals surface area contributed by atoms with Crippen molar-refractivity contribution in [2.75, 3.05) is 19.7 Å². The van der Waals surface area contributed by atoms with Crippen molar-refractivity contribution in [3.63, 3.8) is 0 Å². The maximum Gasteiger partial charge on any atom is 0.348 e. The van der Waals surface area contributed by atoms with Crippen LogP contribution in [-0.4, -0.2) is 38.4 Å². The van der Waals surface area contributed by atoms with Crippen molar-refractivity contribution in [1.82, 2.24) is 4.31 Å². The van der Waals surface area contributed by atoms with Gasteiger partial charge in [0.25, 0.3) is 0 Å². The molecule has 33 heavy (non-hydrogen) atoms. The van der Waals surface area contributed by atoms with Gasteiger partial charge in [-0.25, -0.2) is 13.2 Å². The van der Waals surface area contributed by atoms with Gasteiger partial charge in [0.2, 0.25) is 10.0 Å². The van der Waals surface area contributed by atoms with Gasteiger partial charge in [0, 0.05) is 28.6 Å². The molecule has 0 atom stereocenters. The molecule has 0 spiro atoms. The lowest BCUT2D eigenvalue weighted by Gasteiger charge is -2.25. The van der Waals surface area contributed by atoms with E-state index in [0.29, 0.717) is 23.0 Å². The summed E-state index contributed by atoms with van der Waals surface area (Å²) in [4.78, 5) is 14.5. The molecule has 174 valence electrons. The van der Waals surface area contributed by atoms with Gasteiger partial charge in [-0.05, 0) is 67.6 Å². The molecule has 1 fully saturated rings. The number of esters is 1. The molecule has 1 aliphatic heterocycles. The zero-order valence-electron chi connectivity index (χ0n) is 18.6. The minimum absolute atomic E-state index is 0.275. The summed E-state index contributed by atoms with van der Waals surface area (Å²) in [5.41, 5.74) is 3.45. The Bertz CT molecular complexity index is 1240. The molecule has 0 saturated carbocycles. The number of sulfonamides is 1. The number of carbonyl (C=O) groups excluding carboxylic acids is 1. The zero-order chi connectivity index (χ0) is 23.6. The molecule has 1 saturated heterocycles. The maximum absolute atomic E-state index is 13.0. The Morgan fingerprint density at radius 3 is 2.21 bits per heavy atom. The van der Waals surface area contributed by atoms with Crippen molar-refractivity contribution >= 4 is 38.9 Å². The van der Waals surface area contributed by atoms with Crippen LogP contribution < -0.4 is 0 Å². The fourth-order valence-corrected chi connectivity index (χ4v) is 7.00. The Hall–Kier alpha value is -2.19. The van der Waals surface area contributed by atoms with Crippen molar-refractivity contribution in [1.29, 1.82) is 0 Å². The van der Waals surface area contributed by atoms with E-state index in [4.69, 9.17) is 16.3 Å². The number of thiophene rings is 1. The summed E-state index contributed by atoms with van der Waals surface area (Å²) in [7, 11) is -3.52. The summed E-state index contributed by atoms with van der Waals surface area (Å²) < 4.78 is 32.9. The molecule has 0 N–H and O–H groups in total. The van der Waals surface area contributed by atoms with Crippen LogP contribution in [0.15, 0.2) is 53.4 Å². The molecular weight excluding hydrogens is 478 g/mol. The lowest BCUT2D eigenvalue weighted by atomic mass is 9.99. The zero-order valence-corrected chi connectivity index (χ0v) is 21.0. The molecule has 8 heteroatoms. The lowest BCUT2D eigenvalue weighted by Crippen LogP contribution is -2.35. The smallest absolute Gasteiger partial charge is 0.348 e. The van der Waals surface area contributed by atoms with E-state index < -0.39 is 10.0 Å². The largest absolute Gasteiger partial charge is 0.462 e. The predicted octanol–water partition coefficient (Wildman–Crippen LogP) is 6.40. The first kappa shape index (κ1) is 24.0. The molecule has 0 unspecified atom stereocenters. The van der Waals surface area contributed by atoms with Crippen LogP contribution in [0.25, 0.3) is 21.6 Å². The maximum atomic E-state index is 13.0. The van der Waals surface area contributed by atoms with E-state index in [1.165, 1.54) is 11.3 Å². The summed E-state index contributed by atoms with van der Waals surface area (Å²) in [6, 6.07) is 14.3. The fraction of sp³-hybridized carbons (Fsp3) is 0.320. The lowest BCUT2D eigenvalue weighted by molar-refractivity contribution is 0.0533. The number of halogens is 1. The van der Waals surface area contributed by atoms with Crippen LogP contribution in [0.3, 0.4) is 0 Å². The van der Waals surface area contributed by atoms with Crippen molar-refractivity contribution in [2.45, 2.75) is 38.0 Å². The Morgan fingerprint density at radius 2 is 1.61 bits per heavy atom. The summed E-state index contributed by atoms with van der Waals surface area (Å²) in [5, 5.41) is 0.643. The highest BCUT2D eigenvalue weighted by Gasteiger charge is 2.27. The van der Waals surface area contributed by atoms with E-state index in [1.54, 1.807) is 35.5 Å². The number of hydrogen-bond acceptors (Lipinski definition) is 5. The van der Waals surface area contributed by atoms with Crippen molar-refractivity contribution in [2.24, 2.45) is 0 Å². The highest BCUT2D eigenvalue weighted by atomic mass is 35.5. The summed E-state index contributed by atoms with van der Waals surface area (Å²) in [6.07, 6.45) is 2.85. The molecule has 5 nitrogen and oxygen atoms in total. The Labute approximate surface area is 204 Å². The van der Waals surface area contributed by atoms with E-state index in [2.05, 4.69) is 0 Å². The first-order valence-corrected chi connectivity index (χ1v) is 13.6. The van der Waals surface area contributed by atoms with Crippen LogP contribution in [-0.2, 0) is 14.8 Å². The molecule has 0 radical (unpaired) electrons. The normalized spacial score (nSPS) is 14.9. The molecule has 1 aliphatic rings. The Kier molecular flexibility index (Phi) is 7.24. The second kappa shape index (κ2) is 9.97. The topological polar surface area (TPSA) is 63.7 Å². The third-order valence-electron chi connectivity index (χ3n) is 5.81.